The third-order valence-corrected chi connectivity index (χ3v) is 5.96. The lowest BCUT2D eigenvalue weighted by molar-refractivity contribution is -0.137. The van der Waals surface area contributed by atoms with Gasteiger partial charge in [-0.15, -0.1) is 11.3 Å². The number of likely N-dealkylation sites (N-methyl/N-ethyl adjacent to an activating group) is 1. The van der Waals surface area contributed by atoms with Gasteiger partial charge >= 0.3 is 6.18 Å². The molecule has 0 unspecified atom stereocenters. The second-order valence-electron chi connectivity index (χ2n) is 8.10. The molecule has 1 aromatic heterocycles. The van der Waals surface area contributed by atoms with Gasteiger partial charge in [-0.2, -0.15) is 13.2 Å². The SMILES string of the molecule is Cc1cc(C)c(-c2csc(NC(=O)CN(C)CC(=O)Nc3ccccc3C(F)(F)F)n2)cc1C. The van der Waals surface area contributed by atoms with Crippen LogP contribution in [0.15, 0.2) is 41.8 Å². The van der Waals surface area contributed by atoms with E-state index in [2.05, 4.69) is 27.8 Å². The minimum atomic E-state index is -4.59. The largest absolute Gasteiger partial charge is 0.418 e. The molecule has 0 spiro atoms. The van der Waals surface area contributed by atoms with Crippen LogP contribution < -0.4 is 10.6 Å². The summed E-state index contributed by atoms with van der Waals surface area (Å²) in [6.07, 6.45) is -4.59. The van der Waals surface area contributed by atoms with Gasteiger partial charge in [0.05, 0.1) is 30.0 Å². The number of aromatic nitrogens is 1. The summed E-state index contributed by atoms with van der Waals surface area (Å²) < 4.78 is 39.3. The molecule has 0 aliphatic heterocycles. The zero-order chi connectivity index (χ0) is 25.0. The van der Waals surface area contributed by atoms with Crippen LogP contribution in [0.25, 0.3) is 11.3 Å². The molecule has 3 aromatic rings. The van der Waals surface area contributed by atoms with Crippen LogP contribution in [0.5, 0.6) is 0 Å². The molecule has 2 amide bonds. The Bertz CT molecular complexity index is 1210. The fourth-order valence-electron chi connectivity index (χ4n) is 3.43. The molecule has 0 aliphatic rings. The highest BCUT2D eigenvalue weighted by Crippen LogP contribution is 2.34. The van der Waals surface area contributed by atoms with E-state index in [-0.39, 0.29) is 24.7 Å². The summed E-state index contributed by atoms with van der Waals surface area (Å²) in [5.41, 5.74) is 3.93. The number of carbonyl (C=O) groups is 2. The van der Waals surface area contributed by atoms with Crippen LogP contribution >= 0.6 is 11.3 Å². The molecule has 0 bridgehead atoms. The number of benzene rings is 2. The zero-order valence-electron chi connectivity index (χ0n) is 19.2. The first-order chi connectivity index (χ1) is 15.9. The average Bonchev–Trinajstić information content (AvgIpc) is 3.17. The molecule has 0 aliphatic carbocycles. The maximum atomic E-state index is 13.1. The predicted octanol–water partition coefficient (Wildman–Crippen LogP) is 5.26. The Morgan fingerprint density at radius 1 is 0.971 bits per heavy atom. The molecule has 3 rings (SSSR count). The molecular weight excluding hydrogens is 465 g/mol. The second kappa shape index (κ2) is 10.4. The number of nitrogens with zero attached hydrogens (tertiary/aromatic N) is 2. The van der Waals surface area contributed by atoms with E-state index in [9.17, 15) is 22.8 Å². The van der Waals surface area contributed by atoms with Crippen LogP contribution in [-0.2, 0) is 15.8 Å². The van der Waals surface area contributed by atoms with Crippen molar-refractivity contribution in [3.63, 3.8) is 0 Å². The second-order valence-corrected chi connectivity index (χ2v) is 8.96. The van der Waals surface area contributed by atoms with E-state index in [4.69, 9.17) is 0 Å². The lowest BCUT2D eigenvalue weighted by atomic mass is 9.99. The van der Waals surface area contributed by atoms with Gasteiger partial charge in [-0.1, -0.05) is 18.2 Å². The molecule has 0 saturated carbocycles. The number of para-hydroxylation sites is 1. The quantitative estimate of drug-likeness (QED) is 0.474. The molecule has 6 nitrogen and oxygen atoms in total. The van der Waals surface area contributed by atoms with Crippen molar-refractivity contribution >= 4 is 34.0 Å². The fourth-order valence-corrected chi connectivity index (χ4v) is 4.15. The van der Waals surface area contributed by atoms with E-state index in [0.29, 0.717) is 5.13 Å². The molecule has 0 fully saturated rings. The topological polar surface area (TPSA) is 74.3 Å². The smallest absolute Gasteiger partial charge is 0.324 e. The van der Waals surface area contributed by atoms with Gasteiger partial charge in [-0.3, -0.25) is 14.5 Å². The summed E-state index contributed by atoms with van der Waals surface area (Å²) in [4.78, 5) is 30.5. The van der Waals surface area contributed by atoms with Crippen molar-refractivity contribution in [2.45, 2.75) is 26.9 Å². The highest BCUT2D eigenvalue weighted by molar-refractivity contribution is 7.14. The Morgan fingerprint density at radius 3 is 2.26 bits per heavy atom. The van der Waals surface area contributed by atoms with Gasteiger partial charge in [0.15, 0.2) is 5.13 Å². The van der Waals surface area contributed by atoms with Crippen molar-refractivity contribution in [1.29, 1.82) is 0 Å². The molecule has 1 heterocycles. The van der Waals surface area contributed by atoms with E-state index in [0.717, 1.165) is 28.5 Å². The summed E-state index contributed by atoms with van der Waals surface area (Å²) >= 11 is 1.29. The van der Waals surface area contributed by atoms with Gasteiger partial charge in [0, 0.05) is 10.9 Å². The molecule has 2 aromatic carbocycles. The highest BCUT2D eigenvalue weighted by atomic mass is 32.1. The number of halogens is 3. The Kier molecular flexibility index (Phi) is 7.73. The highest BCUT2D eigenvalue weighted by Gasteiger charge is 2.33. The molecule has 0 radical (unpaired) electrons. The van der Waals surface area contributed by atoms with Crippen molar-refractivity contribution in [2.24, 2.45) is 0 Å². The number of aryl methyl sites for hydroxylation is 3. The third kappa shape index (κ3) is 6.42. The number of carbonyl (C=O) groups excluding carboxylic acids is 2. The van der Waals surface area contributed by atoms with E-state index in [1.54, 1.807) is 0 Å². The van der Waals surface area contributed by atoms with Crippen molar-refractivity contribution in [2.75, 3.05) is 30.8 Å². The third-order valence-electron chi connectivity index (χ3n) is 5.20. The molecule has 10 heteroatoms. The summed E-state index contributed by atoms with van der Waals surface area (Å²) in [5, 5.41) is 7.26. The zero-order valence-corrected chi connectivity index (χ0v) is 20.0. The molecule has 0 saturated heterocycles. The monoisotopic (exact) mass is 490 g/mol. The number of nitrogens with one attached hydrogen (secondary N) is 2. The number of anilines is 2. The standard InChI is InChI=1S/C24H25F3N4O2S/c1-14-9-16(3)17(10-15(14)2)20-13-34-23(29-20)30-22(33)12-31(4)11-21(32)28-19-8-6-5-7-18(19)24(25,26)27/h5-10,13H,11-12H2,1-4H3,(H,28,32)(H,29,30,33). The minimum Gasteiger partial charge on any atom is -0.324 e. The van der Waals surface area contributed by atoms with Crippen LogP contribution in [0, 0.1) is 20.8 Å². The minimum absolute atomic E-state index is 0.133. The molecular formula is C24H25F3N4O2S. The Balaban J connectivity index is 1.56. The van der Waals surface area contributed by atoms with Gasteiger partial charge in [-0.05, 0) is 62.7 Å². The summed E-state index contributed by atoms with van der Waals surface area (Å²) in [6, 6.07) is 8.90. The molecule has 0 atom stereocenters. The lowest BCUT2D eigenvalue weighted by Gasteiger charge is -2.17. The number of amides is 2. The number of hydrogen-bond donors (Lipinski definition) is 2. The Hall–Kier alpha value is -3.24. The Labute approximate surface area is 199 Å². The Morgan fingerprint density at radius 2 is 1.59 bits per heavy atom. The normalized spacial score (nSPS) is 11.5. The van der Waals surface area contributed by atoms with Crippen molar-refractivity contribution < 1.29 is 22.8 Å². The van der Waals surface area contributed by atoms with Gasteiger partial charge in [-0.25, -0.2) is 4.98 Å². The molecule has 180 valence electrons. The summed E-state index contributed by atoms with van der Waals surface area (Å²) in [6.45, 7) is 5.69. The summed E-state index contributed by atoms with van der Waals surface area (Å²) in [7, 11) is 1.53. The van der Waals surface area contributed by atoms with Gasteiger partial charge < -0.3 is 10.6 Å². The summed E-state index contributed by atoms with van der Waals surface area (Å²) in [5.74, 6) is -1.04. The van der Waals surface area contributed by atoms with Crippen molar-refractivity contribution in [1.82, 2.24) is 9.88 Å². The predicted molar refractivity (Wildman–Crippen MR) is 128 cm³/mol. The maximum absolute atomic E-state index is 13.1. The molecule has 34 heavy (non-hydrogen) atoms. The van der Waals surface area contributed by atoms with Crippen LogP contribution in [0.2, 0.25) is 0 Å². The molecule has 2 N–H and O–H groups in total. The van der Waals surface area contributed by atoms with E-state index < -0.39 is 17.6 Å². The number of alkyl halides is 3. The number of hydrogen-bond acceptors (Lipinski definition) is 5. The van der Waals surface area contributed by atoms with Crippen molar-refractivity contribution in [3.8, 4) is 11.3 Å². The van der Waals surface area contributed by atoms with Crippen LogP contribution in [0.4, 0.5) is 24.0 Å². The maximum Gasteiger partial charge on any atom is 0.418 e. The van der Waals surface area contributed by atoms with Gasteiger partial charge in [0.25, 0.3) is 0 Å². The van der Waals surface area contributed by atoms with Gasteiger partial charge in [0.1, 0.15) is 0 Å². The van der Waals surface area contributed by atoms with Crippen LogP contribution in [0.1, 0.15) is 22.3 Å². The first kappa shape index (κ1) is 25.4. The first-order valence-electron chi connectivity index (χ1n) is 10.4. The van der Waals surface area contributed by atoms with Gasteiger partial charge in [0.2, 0.25) is 11.8 Å². The van der Waals surface area contributed by atoms with E-state index in [1.807, 2.05) is 26.2 Å². The van der Waals surface area contributed by atoms with Crippen LogP contribution in [0.3, 0.4) is 0 Å². The lowest BCUT2D eigenvalue weighted by Crippen LogP contribution is -2.36. The van der Waals surface area contributed by atoms with Crippen molar-refractivity contribution in [3.05, 3.63) is 64.0 Å². The van der Waals surface area contributed by atoms with Crippen LogP contribution in [-0.4, -0.2) is 41.8 Å². The van der Waals surface area contributed by atoms with E-state index in [1.165, 1.54) is 47.0 Å². The number of rotatable bonds is 7. The first-order valence-corrected chi connectivity index (χ1v) is 11.3. The fraction of sp³-hybridized carbons (Fsp3) is 0.292. The number of thiazole rings is 1. The average molecular weight is 491 g/mol. The van der Waals surface area contributed by atoms with E-state index >= 15 is 0 Å².